The first-order valence-corrected chi connectivity index (χ1v) is 8.11. The second-order valence-corrected chi connectivity index (χ2v) is 5.88. The molecule has 2 aromatic carbocycles. The SMILES string of the molecule is CC(=O)C(N=Nc1ccccc1C(=O)O)C(=O)Nc1ccc2[nH]c(=O)[nH]c2c1. The molecule has 0 aliphatic heterocycles. The molecule has 0 aliphatic rings. The molecule has 4 N–H and O–H groups in total. The number of hydrogen-bond donors (Lipinski definition) is 4. The lowest BCUT2D eigenvalue weighted by molar-refractivity contribution is -0.126. The van der Waals surface area contributed by atoms with Crippen molar-refractivity contribution in [1.29, 1.82) is 0 Å². The molecular formula is C18H15N5O5. The summed E-state index contributed by atoms with van der Waals surface area (Å²) in [5, 5.41) is 19.2. The molecule has 1 heterocycles. The number of hydrogen-bond acceptors (Lipinski definition) is 6. The molecule has 0 aliphatic carbocycles. The number of carboxylic acid groups (broad SMARTS) is 1. The normalized spacial score (nSPS) is 12.2. The predicted molar refractivity (Wildman–Crippen MR) is 99.9 cm³/mol. The fourth-order valence-electron chi connectivity index (χ4n) is 2.50. The van der Waals surface area contributed by atoms with E-state index >= 15 is 0 Å². The Balaban J connectivity index is 1.83. The molecule has 10 nitrogen and oxygen atoms in total. The number of H-pyrrole nitrogens is 2. The van der Waals surface area contributed by atoms with Crippen LogP contribution in [0.25, 0.3) is 11.0 Å². The van der Waals surface area contributed by atoms with Crippen LogP contribution in [0.5, 0.6) is 0 Å². The van der Waals surface area contributed by atoms with E-state index in [9.17, 15) is 19.2 Å². The van der Waals surface area contributed by atoms with E-state index in [0.717, 1.165) is 0 Å². The van der Waals surface area contributed by atoms with Gasteiger partial charge < -0.3 is 20.4 Å². The first-order valence-electron chi connectivity index (χ1n) is 8.11. The molecule has 0 saturated heterocycles. The molecule has 0 fully saturated rings. The van der Waals surface area contributed by atoms with Gasteiger partial charge in [-0.05, 0) is 37.3 Å². The average Bonchev–Trinajstić information content (AvgIpc) is 3.01. The quantitative estimate of drug-likeness (QED) is 0.380. The van der Waals surface area contributed by atoms with E-state index < -0.39 is 23.7 Å². The number of aromatic carboxylic acids is 1. The molecular weight excluding hydrogens is 366 g/mol. The largest absolute Gasteiger partial charge is 0.478 e. The number of carbonyl (C=O) groups excluding carboxylic acids is 2. The highest BCUT2D eigenvalue weighted by molar-refractivity contribution is 6.10. The Hall–Kier alpha value is -4.08. The van der Waals surface area contributed by atoms with Crippen LogP contribution in [0.1, 0.15) is 17.3 Å². The van der Waals surface area contributed by atoms with Crippen LogP contribution in [0.2, 0.25) is 0 Å². The number of Topliss-reactive ketones (excluding diaryl/α,β-unsaturated/α-hetero) is 1. The second-order valence-electron chi connectivity index (χ2n) is 5.88. The van der Waals surface area contributed by atoms with Crippen molar-refractivity contribution in [2.24, 2.45) is 10.2 Å². The molecule has 0 bridgehead atoms. The fraction of sp³-hybridized carbons (Fsp3) is 0.111. The number of ketones is 1. The topological polar surface area (TPSA) is 157 Å². The van der Waals surface area contributed by atoms with Gasteiger partial charge in [0, 0.05) is 5.69 Å². The Bertz CT molecular complexity index is 1160. The number of azo groups is 1. The average molecular weight is 381 g/mol. The third-order valence-corrected chi connectivity index (χ3v) is 3.83. The maximum Gasteiger partial charge on any atom is 0.337 e. The number of rotatable bonds is 6. The summed E-state index contributed by atoms with van der Waals surface area (Å²) >= 11 is 0. The number of aromatic amines is 2. The number of fused-ring (bicyclic) bond motifs is 1. The number of carbonyl (C=O) groups is 3. The Morgan fingerprint density at radius 3 is 2.50 bits per heavy atom. The molecule has 142 valence electrons. The van der Waals surface area contributed by atoms with Crippen molar-refractivity contribution < 1.29 is 19.5 Å². The van der Waals surface area contributed by atoms with Gasteiger partial charge in [-0.3, -0.25) is 9.59 Å². The number of nitrogens with zero attached hydrogens (tertiary/aromatic N) is 2. The number of benzene rings is 2. The van der Waals surface area contributed by atoms with E-state index in [-0.39, 0.29) is 16.9 Å². The van der Waals surface area contributed by atoms with Crippen LogP contribution in [-0.2, 0) is 9.59 Å². The van der Waals surface area contributed by atoms with Gasteiger partial charge in [0.2, 0.25) is 6.04 Å². The lowest BCUT2D eigenvalue weighted by Crippen LogP contribution is -2.31. The van der Waals surface area contributed by atoms with Crippen LogP contribution >= 0.6 is 0 Å². The van der Waals surface area contributed by atoms with E-state index in [1.54, 1.807) is 18.2 Å². The van der Waals surface area contributed by atoms with Crippen LogP contribution in [0, 0.1) is 0 Å². The van der Waals surface area contributed by atoms with Gasteiger partial charge in [-0.2, -0.15) is 10.2 Å². The highest BCUT2D eigenvalue weighted by atomic mass is 16.4. The van der Waals surface area contributed by atoms with E-state index in [4.69, 9.17) is 5.11 Å². The third-order valence-electron chi connectivity index (χ3n) is 3.83. The highest BCUT2D eigenvalue weighted by Crippen LogP contribution is 2.20. The molecule has 28 heavy (non-hydrogen) atoms. The van der Waals surface area contributed by atoms with Gasteiger partial charge in [0.1, 0.15) is 0 Å². The maximum atomic E-state index is 12.5. The van der Waals surface area contributed by atoms with Gasteiger partial charge in [0.25, 0.3) is 5.91 Å². The van der Waals surface area contributed by atoms with Crippen LogP contribution in [0.3, 0.4) is 0 Å². The number of amides is 1. The van der Waals surface area contributed by atoms with E-state index in [1.165, 1.54) is 31.2 Å². The van der Waals surface area contributed by atoms with E-state index in [0.29, 0.717) is 16.7 Å². The first-order chi connectivity index (χ1) is 13.3. The molecule has 1 aromatic heterocycles. The maximum absolute atomic E-state index is 12.5. The molecule has 0 saturated carbocycles. The summed E-state index contributed by atoms with van der Waals surface area (Å²) in [5.41, 5.74) is 0.942. The molecule has 0 spiro atoms. The van der Waals surface area contributed by atoms with Gasteiger partial charge >= 0.3 is 11.7 Å². The van der Waals surface area contributed by atoms with Crippen molar-refractivity contribution in [3.8, 4) is 0 Å². The number of aromatic nitrogens is 2. The highest BCUT2D eigenvalue weighted by Gasteiger charge is 2.23. The van der Waals surface area contributed by atoms with Crippen molar-refractivity contribution in [2.45, 2.75) is 13.0 Å². The summed E-state index contributed by atoms with van der Waals surface area (Å²) in [5.74, 6) is -2.50. The molecule has 1 atom stereocenters. The number of nitrogens with one attached hydrogen (secondary N) is 3. The summed E-state index contributed by atoms with van der Waals surface area (Å²) in [4.78, 5) is 51.9. The van der Waals surface area contributed by atoms with Crippen molar-refractivity contribution in [1.82, 2.24) is 9.97 Å². The van der Waals surface area contributed by atoms with Crippen LogP contribution in [0.15, 0.2) is 57.5 Å². The Labute approximate surface area is 157 Å². The number of carboxylic acids is 1. The second kappa shape index (κ2) is 7.66. The standard InChI is InChI=1S/C18H15N5O5/c1-9(24)15(23-22-12-5-3-2-4-11(12)17(26)27)16(25)19-10-6-7-13-14(8-10)21-18(28)20-13/h2-8,15H,1H3,(H,19,25)(H,26,27)(H2,20,21,28). The van der Waals surface area contributed by atoms with E-state index in [1.807, 2.05) is 0 Å². The van der Waals surface area contributed by atoms with Crippen molar-refractivity contribution in [2.75, 3.05) is 5.32 Å². The van der Waals surface area contributed by atoms with Gasteiger partial charge in [0.05, 0.1) is 22.3 Å². The lowest BCUT2D eigenvalue weighted by atomic mass is 10.2. The minimum Gasteiger partial charge on any atom is -0.478 e. The number of imidazole rings is 1. The van der Waals surface area contributed by atoms with Gasteiger partial charge in [0.15, 0.2) is 5.78 Å². The molecule has 1 unspecified atom stereocenters. The predicted octanol–water partition coefficient (Wildman–Crippen LogP) is 2.23. The Morgan fingerprint density at radius 1 is 1.07 bits per heavy atom. The lowest BCUT2D eigenvalue weighted by Gasteiger charge is -2.09. The number of anilines is 1. The summed E-state index contributed by atoms with van der Waals surface area (Å²) in [7, 11) is 0. The molecule has 10 heteroatoms. The summed E-state index contributed by atoms with van der Waals surface area (Å²) in [6.07, 6.45) is 0. The molecule has 0 radical (unpaired) electrons. The fourth-order valence-corrected chi connectivity index (χ4v) is 2.50. The van der Waals surface area contributed by atoms with Crippen LogP contribution in [-0.4, -0.2) is 38.8 Å². The summed E-state index contributed by atoms with van der Waals surface area (Å²) in [6, 6.07) is 9.07. The van der Waals surface area contributed by atoms with Gasteiger partial charge in [-0.1, -0.05) is 12.1 Å². The van der Waals surface area contributed by atoms with Crippen LogP contribution < -0.4 is 11.0 Å². The molecule has 3 aromatic rings. The van der Waals surface area contributed by atoms with Crippen LogP contribution in [0.4, 0.5) is 11.4 Å². The zero-order chi connectivity index (χ0) is 20.3. The molecule has 1 amide bonds. The van der Waals surface area contributed by atoms with E-state index in [2.05, 4.69) is 25.5 Å². The Morgan fingerprint density at radius 2 is 1.79 bits per heavy atom. The monoisotopic (exact) mass is 381 g/mol. The first kappa shape index (κ1) is 18.7. The smallest absolute Gasteiger partial charge is 0.337 e. The van der Waals surface area contributed by atoms with Crippen molar-refractivity contribution in [3.63, 3.8) is 0 Å². The minimum absolute atomic E-state index is 0.0281. The Kier molecular flexibility index (Phi) is 5.12. The van der Waals surface area contributed by atoms with Gasteiger partial charge in [-0.15, -0.1) is 0 Å². The zero-order valence-corrected chi connectivity index (χ0v) is 14.6. The third kappa shape index (κ3) is 4.01. The van der Waals surface area contributed by atoms with Crippen molar-refractivity contribution >= 4 is 40.1 Å². The summed E-state index contributed by atoms with van der Waals surface area (Å²) in [6.45, 7) is 1.18. The van der Waals surface area contributed by atoms with Crippen molar-refractivity contribution in [3.05, 3.63) is 58.5 Å². The van der Waals surface area contributed by atoms with Gasteiger partial charge in [-0.25, -0.2) is 9.59 Å². The minimum atomic E-state index is -1.46. The zero-order valence-electron chi connectivity index (χ0n) is 14.6. The summed E-state index contributed by atoms with van der Waals surface area (Å²) < 4.78 is 0. The molecule has 3 rings (SSSR count).